The van der Waals surface area contributed by atoms with E-state index in [2.05, 4.69) is 10.9 Å². The number of nitrogens with two attached hydrogens (primary N) is 2. The van der Waals surface area contributed by atoms with Crippen molar-refractivity contribution in [1.29, 1.82) is 0 Å². The summed E-state index contributed by atoms with van der Waals surface area (Å²) in [4.78, 5) is 22.3. The molecule has 2 aromatic heterocycles. The van der Waals surface area contributed by atoms with Gasteiger partial charge in [-0.25, -0.2) is 0 Å². The van der Waals surface area contributed by atoms with Crippen molar-refractivity contribution in [3.05, 3.63) is 60.9 Å². The fraction of sp³-hybridized carbons (Fsp3) is 0.182. The second-order valence-electron chi connectivity index (χ2n) is 6.70. The number of carbonyl (C=O) groups excluding carboxylic acids is 2. The molecule has 0 spiro atoms. The van der Waals surface area contributed by atoms with E-state index in [9.17, 15) is 9.59 Å². The van der Waals surface area contributed by atoms with Gasteiger partial charge in [-0.3, -0.25) is 29.8 Å². The fourth-order valence-corrected chi connectivity index (χ4v) is 3.05. The Hall–Kier alpha value is -4.02. The number of rotatable bonds is 6. The van der Waals surface area contributed by atoms with Gasteiger partial charge in [0.2, 0.25) is 0 Å². The minimum absolute atomic E-state index is 0.0319. The number of carbonyl (C=O) groups is 2. The SMILES string of the molecule is COc1ccc2c(ccn2NC(=O)CN)c1.COc1ccc2c(ccn2NC(=O)CN)c1. The molecular formula is C22H26N6O4. The minimum Gasteiger partial charge on any atom is -0.497 e. The molecule has 0 aliphatic heterocycles. The number of nitrogens with zero attached hydrogens (tertiary/aromatic N) is 2. The highest BCUT2D eigenvalue weighted by molar-refractivity contribution is 5.90. The Labute approximate surface area is 184 Å². The van der Waals surface area contributed by atoms with Crippen LogP contribution in [0.15, 0.2) is 60.9 Å². The maximum atomic E-state index is 11.2. The Morgan fingerprint density at radius 3 is 1.50 bits per heavy atom. The van der Waals surface area contributed by atoms with Crippen LogP contribution in [0, 0.1) is 0 Å². The van der Waals surface area contributed by atoms with Gasteiger partial charge in [0, 0.05) is 23.2 Å². The summed E-state index contributed by atoms with van der Waals surface area (Å²) in [6.07, 6.45) is 3.55. The predicted octanol–water partition coefficient (Wildman–Crippen LogP) is 1.36. The largest absolute Gasteiger partial charge is 0.497 e. The van der Waals surface area contributed by atoms with Gasteiger partial charge in [-0.05, 0) is 48.5 Å². The summed E-state index contributed by atoms with van der Waals surface area (Å²) in [5.74, 6) is 1.12. The number of nitrogens with one attached hydrogen (secondary N) is 2. The number of amides is 2. The zero-order valence-electron chi connectivity index (χ0n) is 17.9. The Kier molecular flexibility index (Phi) is 7.32. The van der Waals surface area contributed by atoms with E-state index >= 15 is 0 Å². The molecule has 4 aromatic rings. The number of methoxy groups -OCH3 is 2. The second kappa shape index (κ2) is 10.3. The first-order valence-corrected chi connectivity index (χ1v) is 9.79. The third-order valence-corrected chi connectivity index (χ3v) is 4.66. The van der Waals surface area contributed by atoms with Crippen molar-refractivity contribution in [2.75, 3.05) is 38.2 Å². The molecule has 0 saturated heterocycles. The molecule has 0 fully saturated rings. The van der Waals surface area contributed by atoms with Gasteiger partial charge in [-0.2, -0.15) is 0 Å². The van der Waals surface area contributed by atoms with Crippen LogP contribution in [0.25, 0.3) is 21.8 Å². The van der Waals surface area contributed by atoms with Crippen molar-refractivity contribution >= 4 is 33.6 Å². The van der Waals surface area contributed by atoms with Gasteiger partial charge in [-0.1, -0.05) is 0 Å². The summed E-state index contributed by atoms with van der Waals surface area (Å²) in [6, 6.07) is 15.0. The molecule has 168 valence electrons. The molecule has 0 saturated carbocycles. The van der Waals surface area contributed by atoms with Crippen molar-refractivity contribution in [3.8, 4) is 11.5 Å². The summed E-state index contributed by atoms with van der Waals surface area (Å²) in [5.41, 5.74) is 17.6. The van der Waals surface area contributed by atoms with E-state index in [4.69, 9.17) is 20.9 Å². The molecule has 0 bridgehead atoms. The van der Waals surface area contributed by atoms with Crippen LogP contribution in [0.2, 0.25) is 0 Å². The zero-order valence-corrected chi connectivity index (χ0v) is 17.9. The Bertz CT molecular complexity index is 1130. The van der Waals surface area contributed by atoms with Gasteiger partial charge >= 0.3 is 0 Å². The fourth-order valence-electron chi connectivity index (χ4n) is 3.05. The van der Waals surface area contributed by atoms with E-state index in [-0.39, 0.29) is 24.9 Å². The molecule has 10 heteroatoms. The van der Waals surface area contributed by atoms with Crippen LogP contribution in [0.5, 0.6) is 11.5 Å². The van der Waals surface area contributed by atoms with Crippen LogP contribution in [0.3, 0.4) is 0 Å². The molecule has 2 aromatic carbocycles. The predicted molar refractivity (Wildman–Crippen MR) is 124 cm³/mol. The molecule has 32 heavy (non-hydrogen) atoms. The lowest BCUT2D eigenvalue weighted by atomic mass is 10.2. The van der Waals surface area contributed by atoms with E-state index in [1.165, 1.54) is 0 Å². The quantitative estimate of drug-likeness (QED) is 0.359. The van der Waals surface area contributed by atoms with E-state index in [1.807, 2.05) is 48.5 Å². The summed E-state index contributed by atoms with van der Waals surface area (Å²) in [7, 11) is 3.24. The van der Waals surface area contributed by atoms with E-state index in [0.717, 1.165) is 33.3 Å². The molecule has 10 nitrogen and oxygen atoms in total. The number of ether oxygens (including phenoxy) is 2. The highest BCUT2D eigenvalue weighted by atomic mass is 16.5. The van der Waals surface area contributed by atoms with Gasteiger partial charge in [0.05, 0.1) is 38.3 Å². The molecular weight excluding hydrogens is 412 g/mol. The summed E-state index contributed by atoms with van der Waals surface area (Å²) >= 11 is 0. The van der Waals surface area contributed by atoms with Crippen molar-refractivity contribution in [2.45, 2.75) is 0 Å². The average molecular weight is 438 g/mol. The van der Waals surface area contributed by atoms with Crippen LogP contribution < -0.4 is 31.8 Å². The first-order valence-electron chi connectivity index (χ1n) is 9.79. The Balaban J connectivity index is 0.000000181. The maximum absolute atomic E-state index is 11.2. The molecule has 0 atom stereocenters. The first kappa shape index (κ1) is 22.7. The number of hydrogen-bond donors (Lipinski definition) is 4. The van der Waals surface area contributed by atoms with E-state index in [1.54, 1.807) is 36.0 Å². The van der Waals surface area contributed by atoms with Gasteiger partial charge in [0.25, 0.3) is 11.8 Å². The van der Waals surface area contributed by atoms with Gasteiger partial charge in [0.15, 0.2) is 0 Å². The highest BCUT2D eigenvalue weighted by Crippen LogP contribution is 2.21. The molecule has 0 unspecified atom stereocenters. The number of fused-ring (bicyclic) bond motifs is 2. The third kappa shape index (κ3) is 5.17. The van der Waals surface area contributed by atoms with Gasteiger partial charge in [0.1, 0.15) is 11.5 Å². The normalized spacial score (nSPS) is 10.4. The smallest absolute Gasteiger partial charge is 0.252 e. The standard InChI is InChI=1S/2C11H13N3O2/c2*1-16-9-2-3-10-8(6-9)4-5-14(10)13-11(15)7-12/h2*2-6H,7,12H2,1H3,(H,13,15). The van der Waals surface area contributed by atoms with Crippen LogP contribution >= 0.6 is 0 Å². The van der Waals surface area contributed by atoms with Gasteiger partial charge in [-0.15, -0.1) is 0 Å². The molecule has 2 heterocycles. The lowest BCUT2D eigenvalue weighted by Crippen LogP contribution is -2.28. The molecule has 0 aliphatic carbocycles. The summed E-state index contributed by atoms with van der Waals surface area (Å²) < 4.78 is 13.5. The third-order valence-electron chi connectivity index (χ3n) is 4.66. The topological polar surface area (TPSA) is 139 Å². The first-order chi connectivity index (χ1) is 15.5. The second-order valence-corrected chi connectivity index (χ2v) is 6.70. The van der Waals surface area contributed by atoms with Crippen LogP contribution in [0.4, 0.5) is 0 Å². The Morgan fingerprint density at radius 1 is 0.750 bits per heavy atom. The van der Waals surface area contributed by atoms with Crippen molar-refractivity contribution in [2.24, 2.45) is 11.5 Å². The lowest BCUT2D eigenvalue weighted by Gasteiger charge is -2.06. The molecule has 6 N–H and O–H groups in total. The number of hydrogen-bond acceptors (Lipinski definition) is 6. The van der Waals surface area contributed by atoms with Crippen LogP contribution in [-0.2, 0) is 9.59 Å². The van der Waals surface area contributed by atoms with Crippen molar-refractivity contribution in [3.63, 3.8) is 0 Å². The molecule has 0 radical (unpaired) electrons. The molecule has 0 aliphatic rings. The monoisotopic (exact) mass is 438 g/mol. The van der Waals surface area contributed by atoms with E-state index < -0.39 is 0 Å². The minimum atomic E-state index is -0.228. The number of benzene rings is 2. The van der Waals surface area contributed by atoms with Crippen molar-refractivity contribution in [1.82, 2.24) is 9.35 Å². The van der Waals surface area contributed by atoms with Crippen LogP contribution in [-0.4, -0.2) is 48.5 Å². The maximum Gasteiger partial charge on any atom is 0.252 e. The molecule has 2 amide bonds. The highest BCUT2D eigenvalue weighted by Gasteiger charge is 2.05. The van der Waals surface area contributed by atoms with Crippen LogP contribution in [0.1, 0.15) is 0 Å². The summed E-state index contributed by atoms with van der Waals surface area (Å²) in [6.45, 7) is -0.0638. The zero-order chi connectivity index (χ0) is 23.1. The average Bonchev–Trinajstić information content (AvgIpc) is 3.42. The van der Waals surface area contributed by atoms with E-state index in [0.29, 0.717) is 0 Å². The number of aromatic nitrogens is 2. The molecule has 4 rings (SSSR count). The van der Waals surface area contributed by atoms with Gasteiger partial charge < -0.3 is 20.9 Å². The van der Waals surface area contributed by atoms with Crippen molar-refractivity contribution < 1.29 is 19.1 Å². The summed E-state index contributed by atoms with van der Waals surface area (Å²) in [5, 5.41) is 1.99. The Morgan fingerprint density at radius 2 is 1.16 bits per heavy atom. The lowest BCUT2D eigenvalue weighted by molar-refractivity contribution is -0.116.